The minimum Gasteiger partial charge on any atom is -0.371 e. The van der Waals surface area contributed by atoms with E-state index in [1.807, 2.05) is 11.8 Å². The van der Waals surface area contributed by atoms with Crippen LogP contribution in [-0.4, -0.2) is 31.6 Å². The van der Waals surface area contributed by atoms with Crippen LogP contribution < -0.4 is 10.2 Å². The summed E-state index contributed by atoms with van der Waals surface area (Å²) in [5.74, 6) is 1.12. The highest BCUT2D eigenvalue weighted by atomic mass is 35.5. The molecule has 0 aliphatic carbocycles. The largest absolute Gasteiger partial charge is 0.371 e. The molecule has 1 rings (SSSR count). The number of nitrogens with zero attached hydrogens (tertiary/aromatic N) is 1. The van der Waals surface area contributed by atoms with Crippen molar-refractivity contribution in [3.05, 3.63) is 28.8 Å². The molecule has 1 unspecified atom stereocenters. The molecule has 1 N–H and O–H groups in total. The molecule has 0 bridgehead atoms. The van der Waals surface area contributed by atoms with Crippen LogP contribution in [-0.2, 0) is 6.54 Å². The first-order chi connectivity index (χ1) is 8.60. The number of hydrogen-bond donors (Lipinski definition) is 1. The molecule has 2 nitrogen and oxygen atoms in total. The molecule has 0 fully saturated rings. The molecule has 1 aromatic rings. The minimum atomic E-state index is 0.510. The van der Waals surface area contributed by atoms with Gasteiger partial charge >= 0.3 is 0 Å². The zero-order valence-corrected chi connectivity index (χ0v) is 13.2. The maximum Gasteiger partial charge on any atom is 0.0471 e. The molecule has 4 heteroatoms. The van der Waals surface area contributed by atoms with E-state index in [9.17, 15) is 0 Å². The second-order valence-electron chi connectivity index (χ2n) is 4.47. The summed E-state index contributed by atoms with van der Waals surface area (Å²) in [6, 6.07) is 6.83. The number of thioether (sulfide) groups is 1. The highest BCUT2D eigenvalue weighted by Crippen LogP contribution is 2.24. The SMILES string of the molecule is CCNCc1ccc(N(C)C(C)CSC)cc1Cl. The average molecular weight is 287 g/mol. The fraction of sp³-hybridized carbons (Fsp3) is 0.571. The monoisotopic (exact) mass is 286 g/mol. The summed E-state index contributed by atoms with van der Waals surface area (Å²) in [5.41, 5.74) is 2.34. The first-order valence-electron chi connectivity index (χ1n) is 6.31. The van der Waals surface area contributed by atoms with Gasteiger partial charge in [0.05, 0.1) is 0 Å². The van der Waals surface area contributed by atoms with Gasteiger partial charge in [-0.2, -0.15) is 11.8 Å². The quantitative estimate of drug-likeness (QED) is 0.824. The molecule has 0 spiro atoms. The predicted molar refractivity (Wildman–Crippen MR) is 85.1 cm³/mol. The van der Waals surface area contributed by atoms with E-state index in [4.69, 9.17) is 11.6 Å². The zero-order chi connectivity index (χ0) is 13.5. The van der Waals surface area contributed by atoms with Gasteiger partial charge in [0.25, 0.3) is 0 Å². The molecular weight excluding hydrogens is 264 g/mol. The maximum absolute atomic E-state index is 6.32. The van der Waals surface area contributed by atoms with Gasteiger partial charge in [0.2, 0.25) is 0 Å². The van der Waals surface area contributed by atoms with Crippen LogP contribution in [0.25, 0.3) is 0 Å². The predicted octanol–water partition coefficient (Wildman–Crippen LogP) is 3.64. The second kappa shape index (κ2) is 7.93. The molecular formula is C14H23ClN2S. The van der Waals surface area contributed by atoms with Gasteiger partial charge in [-0.05, 0) is 37.4 Å². The van der Waals surface area contributed by atoms with Crippen molar-refractivity contribution in [3.63, 3.8) is 0 Å². The van der Waals surface area contributed by atoms with Gasteiger partial charge in [-0.3, -0.25) is 0 Å². The molecule has 1 aromatic carbocycles. The van der Waals surface area contributed by atoms with Gasteiger partial charge in [0.15, 0.2) is 0 Å². The van der Waals surface area contributed by atoms with Crippen LogP contribution in [0.5, 0.6) is 0 Å². The summed E-state index contributed by atoms with van der Waals surface area (Å²) in [5, 5.41) is 4.14. The fourth-order valence-electron chi connectivity index (χ4n) is 1.77. The van der Waals surface area contributed by atoms with Crippen LogP contribution in [0.15, 0.2) is 18.2 Å². The lowest BCUT2D eigenvalue weighted by Crippen LogP contribution is -2.30. The molecule has 0 aromatic heterocycles. The van der Waals surface area contributed by atoms with Gasteiger partial charge < -0.3 is 10.2 Å². The van der Waals surface area contributed by atoms with E-state index in [2.05, 4.69) is 55.6 Å². The summed E-state index contributed by atoms with van der Waals surface area (Å²) < 4.78 is 0. The number of anilines is 1. The lowest BCUT2D eigenvalue weighted by Gasteiger charge is -2.27. The molecule has 0 saturated carbocycles. The fourth-order valence-corrected chi connectivity index (χ4v) is 2.71. The highest BCUT2D eigenvalue weighted by molar-refractivity contribution is 7.98. The van der Waals surface area contributed by atoms with E-state index in [1.165, 1.54) is 5.69 Å². The van der Waals surface area contributed by atoms with Crippen molar-refractivity contribution in [2.24, 2.45) is 0 Å². The summed E-state index contributed by atoms with van der Waals surface area (Å²) >= 11 is 8.19. The van der Waals surface area contributed by atoms with Crippen LogP contribution in [0, 0.1) is 0 Å². The van der Waals surface area contributed by atoms with Crippen LogP contribution in [0.3, 0.4) is 0 Å². The first kappa shape index (κ1) is 15.7. The van der Waals surface area contributed by atoms with Crippen molar-refractivity contribution in [1.82, 2.24) is 5.32 Å². The van der Waals surface area contributed by atoms with Crippen molar-refractivity contribution in [2.45, 2.75) is 26.4 Å². The Morgan fingerprint density at radius 1 is 1.44 bits per heavy atom. The molecule has 102 valence electrons. The third kappa shape index (κ3) is 4.38. The third-order valence-corrected chi connectivity index (χ3v) is 4.25. The van der Waals surface area contributed by atoms with Crippen LogP contribution in [0.1, 0.15) is 19.4 Å². The first-order valence-corrected chi connectivity index (χ1v) is 8.08. The Morgan fingerprint density at radius 3 is 2.72 bits per heavy atom. The number of benzene rings is 1. The number of halogens is 1. The van der Waals surface area contributed by atoms with Crippen molar-refractivity contribution >= 4 is 29.1 Å². The van der Waals surface area contributed by atoms with Crippen LogP contribution in [0.2, 0.25) is 5.02 Å². The Bertz CT molecular complexity index is 371. The van der Waals surface area contributed by atoms with E-state index < -0.39 is 0 Å². The van der Waals surface area contributed by atoms with E-state index in [1.54, 1.807) is 0 Å². The average Bonchev–Trinajstić information content (AvgIpc) is 2.36. The van der Waals surface area contributed by atoms with Gasteiger partial charge in [-0.1, -0.05) is 24.6 Å². The van der Waals surface area contributed by atoms with Gasteiger partial charge in [-0.25, -0.2) is 0 Å². The minimum absolute atomic E-state index is 0.510. The molecule has 0 radical (unpaired) electrons. The van der Waals surface area contributed by atoms with Crippen molar-refractivity contribution in [1.29, 1.82) is 0 Å². The Labute approximate surface area is 120 Å². The summed E-state index contributed by atoms with van der Waals surface area (Å²) in [7, 11) is 2.12. The third-order valence-electron chi connectivity index (χ3n) is 3.08. The molecule has 18 heavy (non-hydrogen) atoms. The van der Waals surface area contributed by atoms with Crippen molar-refractivity contribution in [2.75, 3.05) is 30.5 Å². The normalized spacial score (nSPS) is 12.5. The van der Waals surface area contributed by atoms with E-state index >= 15 is 0 Å². The summed E-state index contributed by atoms with van der Waals surface area (Å²) in [6.45, 7) is 6.12. The van der Waals surface area contributed by atoms with Crippen molar-refractivity contribution < 1.29 is 0 Å². The molecule has 0 saturated heterocycles. The topological polar surface area (TPSA) is 15.3 Å². The number of hydrogen-bond acceptors (Lipinski definition) is 3. The Hall–Kier alpha value is -0.380. The van der Waals surface area contributed by atoms with E-state index in [-0.39, 0.29) is 0 Å². The molecule has 0 aliphatic rings. The van der Waals surface area contributed by atoms with Crippen LogP contribution >= 0.6 is 23.4 Å². The standard InChI is InChI=1S/C14H23ClN2S/c1-5-16-9-12-6-7-13(8-14(12)15)17(3)11(2)10-18-4/h6-8,11,16H,5,9-10H2,1-4H3. The zero-order valence-electron chi connectivity index (χ0n) is 11.7. The van der Waals surface area contributed by atoms with E-state index in [0.717, 1.165) is 29.4 Å². The highest BCUT2D eigenvalue weighted by Gasteiger charge is 2.11. The summed E-state index contributed by atoms with van der Waals surface area (Å²) in [6.07, 6.45) is 2.14. The smallest absolute Gasteiger partial charge is 0.0471 e. The van der Waals surface area contributed by atoms with Gasteiger partial charge in [0.1, 0.15) is 0 Å². The molecule has 1 atom stereocenters. The Kier molecular flexibility index (Phi) is 6.90. The van der Waals surface area contributed by atoms with Gasteiger partial charge in [-0.15, -0.1) is 0 Å². The second-order valence-corrected chi connectivity index (χ2v) is 5.79. The van der Waals surface area contributed by atoms with Crippen molar-refractivity contribution in [3.8, 4) is 0 Å². The summed E-state index contributed by atoms with van der Waals surface area (Å²) in [4.78, 5) is 2.28. The van der Waals surface area contributed by atoms with E-state index in [0.29, 0.717) is 6.04 Å². The molecule has 0 aliphatic heterocycles. The molecule has 0 amide bonds. The molecule has 0 heterocycles. The number of nitrogens with one attached hydrogen (secondary N) is 1. The Morgan fingerprint density at radius 2 is 2.17 bits per heavy atom. The lowest BCUT2D eigenvalue weighted by molar-refractivity contribution is 0.726. The maximum atomic E-state index is 6.32. The van der Waals surface area contributed by atoms with Crippen LogP contribution in [0.4, 0.5) is 5.69 Å². The van der Waals surface area contributed by atoms with Gasteiger partial charge in [0, 0.05) is 36.1 Å². The number of rotatable bonds is 7. The Balaban J connectivity index is 2.76. The lowest BCUT2D eigenvalue weighted by atomic mass is 10.1.